The van der Waals surface area contributed by atoms with Crippen molar-refractivity contribution in [2.24, 2.45) is 5.92 Å². The number of hydrogen-bond donors (Lipinski definition) is 0. The van der Waals surface area contributed by atoms with Crippen molar-refractivity contribution in [1.82, 2.24) is 4.90 Å². The van der Waals surface area contributed by atoms with Crippen LogP contribution in [0.3, 0.4) is 0 Å². The second-order valence-electron chi connectivity index (χ2n) is 3.78. The molecule has 0 aromatic heterocycles. The second-order valence-corrected chi connectivity index (χ2v) is 3.78. The quantitative estimate of drug-likeness (QED) is 0.611. The van der Waals surface area contributed by atoms with E-state index in [0.717, 1.165) is 0 Å². The lowest BCUT2D eigenvalue weighted by atomic mass is 10.0. The standard InChI is InChI=1S/C10H21NO2/c1-6-13-10(12)7-9(8(2)3)11(4)5/h8-9H,6-7H2,1-5H3/t9-/m0/s1. The first-order chi connectivity index (χ1) is 5.99. The largest absolute Gasteiger partial charge is 0.466 e. The molecule has 0 fully saturated rings. The molecule has 3 heteroatoms. The van der Waals surface area contributed by atoms with Crippen LogP contribution >= 0.6 is 0 Å². The average Bonchev–Trinajstić information content (AvgIpc) is 1.99. The zero-order valence-electron chi connectivity index (χ0n) is 9.33. The lowest BCUT2D eigenvalue weighted by Gasteiger charge is -2.26. The Hall–Kier alpha value is -0.570. The van der Waals surface area contributed by atoms with E-state index >= 15 is 0 Å². The summed E-state index contributed by atoms with van der Waals surface area (Å²) in [4.78, 5) is 13.3. The minimum absolute atomic E-state index is 0.102. The van der Waals surface area contributed by atoms with Crippen molar-refractivity contribution in [2.45, 2.75) is 33.2 Å². The van der Waals surface area contributed by atoms with E-state index in [0.29, 0.717) is 18.9 Å². The predicted octanol–water partition coefficient (Wildman–Crippen LogP) is 1.53. The van der Waals surface area contributed by atoms with Crippen molar-refractivity contribution < 1.29 is 9.53 Å². The summed E-state index contributed by atoms with van der Waals surface area (Å²) < 4.78 is 4.91. The van der Waals surface area contributed by atoms with Crippen LogP contribution in [0.15, 0.2) is 0 Å². The Bertz CT molecular complexity index is 147. The SMILES string of the molecule is CCOC(=O)C[C@@H](C(C)C)N(C)C. The number of nitrogens with zero attached hydrogens (tertiary/aromatic N) is 1. The molecule has 0 rings (SSSR count). The van der Waals surface area contributed by atoms with Gasteiger partial charge in [0.25, 0.3) is 0 Å². The summed E-state index contributed by atoms with van der Waals surface area (Å²) in [5.41, 5.74) is 0. The van der Waals surface area contributed by atoms with Gasteiger partial charge in [-0.3, -0.25) is 4.79 Å². The molecule has 13 heavy (non-hydrogen) atoms. The number of ether oxygens (including phenoxy) is 1. The maximum absolute atomic E-state index is 11.2. The van der Waals surface area contributed by atoms with E-state index in [2.05, 4.69) is 18.7 Å². The highest BCUT2D eigenvalue weighted by atomic mass is 16.5. The molecule has 0 amide bonds. The Morgan fingerprint density at radius 2 is 1.92 bits per heavy atom. The average molecular weight is 187 g/mol. The van der Waals surface area contributed by atoms with Gasteiger partial charge in [-0.05, 0) is 26.9 Å². The van der Waals surface area contributed by atoms with E-state index in [4.69, 9.17) is 4.74 Å². The van der Waals surface area contributed by atoms with E-state index in [1.54, 1.807) is 0 Å². The molecule has 0 aliphatic heterocycles. The second kappa shape index (κ2) is 5.97. The highest BCUT2D eigenvalue weighted by Gasteiger charge is 2.19. The summed E-state index contributed by atoms with van der Waals surface area (Å²) in [7, 11) is 3.98. The third kappa shape index (κ3) is 4.88. The van der Waals surface area contributed by atoms with Gasteiger partial charge in [-0.15, -0.1) is 0 Å². The number of hydrogen-bond acceptors (Lipinski definition) is 3. The fourth-order valence-corrected chi connectivity index (χ4v) is 1.41. The van der Waals surface area contributed by atoms with Crippen molar-refractivity contribution >= 4 is 5.97 Å². The Morgan fingerprint density at radius 3 is 2.23 bits per heavy atom. The number of rotatable bonds is 5. The molecule has 0 unspecified atom stereocenters. The molecule has 0 spiro atoms. The van der Waals surface area contributed by atoms with Gasteiger partial charge in [-0.1, -0.05) is 13.8 Å². The molecular weight excluding hydrogens is 166 g/mol. The lowest BCUT2D eigenvalue weighted by molar-refractivity contribution is -0.144. The van der Waals surface area contributed by atoms with Crippen LogP contribution in [0.5, 0.6) is 0 Å². The first-order valence-corrected chi connectivity index (χ1v) is 4.81. The van der Waals surface area contributed by atoms with Gasteiger partial charge < -0.3 is 9.64 Å². The summed E-state index contributed by atoms with van der Waals surface area (Å²) >= 11 is 0. The Morgan fingerprint density at radius 1 is 1.38 bits per heavy atom. The monoisotopic (exact) mass is 187 g/mol. The third-order valence-electron chi connectivity index (χ3n) is 2.11. The van der Waals surface area contributed by atoms with Crippen LogP contribution in [-0.4, -0.2) is 37.6 Å². The first kappa shape index (κ1) is 12.4. The first-order valence-electron chi connectivity index (χ1n) is 4.81. The zero-order chi connectivity index (χ0) is 10.4. The minimum Gasteiger partial charge on any atom is -0.466 e. The van der Waals surface area contributed by atoms with E-state index in [-0.39, 0.29) is 12.0 Å². The van der Waals surface area contributed by atoms with E-state index in [9.17, 15) is 4.79 Å². The molecule has 0 aromatic rings. The smallest absolute Gasteiger partial charge is 0.307 e. The molecule has 3 nitrogen and oxygen atoms in total. The van der Waals surface area contributed by atoms with Gasteiger partial charge in [0.1, 0.15) is 0 Å². The van der Waals surface area contributed by atoms with Gasteiger partial charge in [0.05, 0.1) is 13.0 Å². The van der Waals surface area contributed by atoms with Gasteiger partial charge in [0, 0.05) is 6.04 Å². The third-order valence-corrected chi connectivity index (χ3v) is 2.11. The molecular formula is C10H21NO2. The minimum atomic E-state index is -0.102. The Labute approximate surface area is 81.1 Å². The molecule has 0 aliphatic rings. The maximum Gasteiger partial charge on any atom is 0.307 e. The number of carbonyl (C=O) groups is 1. The molecule has 0 heterocycles. The van der Waals surface area contributed by atoms with Crippen molar-refractivity contribution in [3.63, 3.8) is 0 Å². The van der Waals surface area contributed by atoms with Crippen LogP contribution in [0, 0.1) is 5.92 Å². The van der Waals surface area contributed by atoms with Gasteiger partial charge in [-0.2, -0.15) is 0 Å². The highest BCUT2D eigenvalue weighted by Crippen LogP contribution is 2.12. The van der Waals surface area contributed by atoms with Crippen LogP contribution in [-0.2, 0) is 9.53 Å². The van der Waals surface area contributed by atoms with Gasteiger partial charge in [-0.25, -0.2) is 0 Å². The van der Waals surface area contributed by atoms with Crippen molar-refractivity contribution in [3.8, 4) is 0 Å². The summed E-state index contributed by atoms with van der Waals surface area (Å²) in [6.45, 7) is 6.53. The molecule has 0 aliphatic carbocycles. The molecule has 0 bridgehead atoms. The molecule has 78 valence electrons. The predicted molar refractivity (Wildman–Crippen MR) is 53.6 cm³/mol. The van der Waals surface area contributed by atoms with Crippen molar-refractivity contribution in [2.75, 3.05) is 20.7 Å². The number of carbonyl (C=O) groups excluding carboxylic acids is 1. The van der Waals surface area contributed by atoms with Crippen LogP contribution in [0.2, 0.25) is 0 Å². The Kier molecular flexibility index (Phi) is 5.71. The fraction of sp³-hybridized carbons (Fsp3) is 0.900. The van der Waals surface area contributed by atoms with Crippen LogP contribution < -0.4 is 0 Å². The molecule has 0 saturated carbocycles. The van der Waals surface area contributed by atoms with Gasteiger partial charge >= 0.3 is 5.97 Å². The van der Waals surface area contributed by atoms with Gasteiger partial charge in [0.15, 0.2) is 0 Å². The van der Waals surface area contributed by atoms with Crippen LogP contribution in [0.1, 0.15) is 27.2 Å². The lowest BCUT2D eigenvalue weighted by Crippen LogP contribution is -2.35. The van der Waals surface area contributed by atoms with Crippen LogP contribution in [0.4, 0.5) is 0 Å². The zero-order valence-corrected chi connectivity index (χ0v) is 9.33. The summed E-state index contributed by atoms with van der Waals surface area (Å²) in [5, 5.41) is 0. The van der Waals surface area contributed by atoms with Crippen molar-refractivity contribution in [1.29, 1.82) is 0 Å². The molecule has 0 N–H and O–H groups in total. The van der Waals surface area contributed by atoms with Crippen LogP contribution in [0.25, 0.3) is 0 Å². The molecule has 0 aromatic carbocycles. The highest BCUT2D eigenvalue weighted by molar-refractivity contribution is 5.70. The Balaban J connectivity index is 4.02. The summed E-state index contributed by atoms with van der Waals surface area (Å²) in [6.07, 6.45) is 0.485. The topological polar surface area (TPSA) is 29.5 Å². The summed E-state index contributed by atoms with van der Waals surface area (Å²) in [6, 6.07) is 0.277. The molecule has 0 radical (unpaired) electrons. The van der Waals surface area contributed by atoms with E-state index < -0.39 is 0 Å². The van der Waals surface area contributed by atoms with Crippen molar-refractivity contribution in [3.05, 3.63) is 0 Å². The van der Waals surface area contributed by atoms with Gasteiger partial charge in [0.2, 0.25) is 0 Å². The normalized spacial score (nSPS) is 13.5. The van der Waals surface area contributed by atoms with E-state index in [1.165, 1.54) is 0 Å². The molecule has 0 saturated heterocycles. The maximum atomic E-state index is 11.2. The molecule has 1 atom stereocenters. The summed E-state index contributed by atoms with van der Waals surface area (Å²) in [5.74, 6) is 0.370. The fourth-order valence-electron chi connectivity index (χ4n) is 1.41. The number of esters is 1. The van der Waals surface area contributed by atoms with E-state index in [1.807, 2.05) is 21.0 Å².